The lowest BCUT2D eigenvalue weighted by Gasteiger charge is -2.48. The zero-order valence-electron chi connectivity index (χ0n) is 18.2. The molecule has 27 heavy (non-hydrogen) atoms. The molecule has 0 aliphatic carbocycles. The molecule has 2 aliphatic heterocycles. The van der Waals surface area contributed by atoms with Gasteiger partial charge in [0.25, 0.3) is 0 Å². The minimum Gasteiger partial charge on any atom is -0.481 e. The molecule has 3 N–H and O–H groups in total. The summed E-state index contributed by atoms with van der Waals surface area (Å²) in [5, 5.41) is 16.9. The number of aliphatic carboxylic acids is 1. The molecule has 156 valence electrons. The van der Waals surface area contributed by atoms with Crippen LogP contribution in [0.3, 0.4) is 0 Å². The molecule has 2 fully saturated rings. The normalized spacial score (nSPS) is 28.3. The minimum atomic E-state index is -1.12. The SMILES string of the molecule is CC1(C)CC(OC(=O)C(C(=O)O)C2CC(C)(C)NC(C)(C)C2)CC(C)(C)N1. The second-order valence-corrected chi connectivity index (χ2v) is 11.2. The van der Waals surface area contributed by atoms with Gasteiger partial charge in [-0.05, 0) is 74.1 Å². The Bertz CT molecular complexity index is 563. The van der Waals surface area contributed by atoms with E-state index >= 15 is 0 Å². The first-order valence-corrected chi connectivity index (χ1v) is 10.0. The van der Waals surface area contributed by atoms with Gasteiger partial charge in [0, 0.05) is 35.0 Å². The number of esters is 1. The molecule has 0 spiro atoms. The molecule has 0 bridgehead atoms. The summed E-state index contributed by atoms with van der Waals surface area (Å²) in [4.78, 5) is 25.0. The molecule has 6 heteroatoms. The molecule has 0 radical (unpaired) electrons. The van der Waals surface area contributed by atoms with Gasteiger partial charge in [0.1, 0.15) is 6.10 Å². The number of ether oxygens (including phenoxy) is 1. The van der Waals surface area contributed by atoms with Gasteiger partial charge in [0.15, 0.2) is 5.92 Å². The van der Waals surface area contributed by atoms with Crippen LogP contribution >= 0.6 is 0 Å². The molecule has 2 rings (SSSR count). The summed E-state index contributed by atoms with van der Waals surface area (Å²) in [5.74, 6) is -3.03. The Balaban J connectivity index is 2.17. The first kappa shape index (κ1) is 22.2. The quantitative estimate of drug-likeness (QED) is 0.511. The molecular weight excluding hydrogens is 344 g/mol. The lowest BCUT2D eigenvalue weighted by atomic mass is 9.70. The Hall–Kier alpha value is -1.14. The standard InChI is InChI=1S/C21H38N2O4/c1-18(2)9-13(10-19(3,4)22-18)15(16(24)25)17(26)27-14-11-20(5,6)23-21(7,8)12-14/h13-15,22-23H,9-12H2,1-8H3,(H,24,25). The van der Waals surface area contributed by atoms with Gasteiger partial charge in [-0.1, -0.05) is 0 Å². The van der Waals surface area contributed by atoms with E-state index in [-0.39, 0.29) is 34.2 Å². The summed E-state index contributed by atoms with van der Waals surface area (Å²) in [6.45, 7) is 16.6. The van der Waals surface area contributed by atoms with E-state index in [2.05, 4.69) is 66.0 Å². The van der Waals surface area contributed by atoms with E-state index in [1.807, 2.05) is 0 Å². The van der Waals surface area contributed by atoms with Gasteiger partial charge in [-0.25, -0.2) is 0 Å². The smallest absolute Gasteiger partial charge is 0.320 e. The number of carbonyl (C=O) groups is 2. The van der Waals surface area contributed by atoms with Crippen LogP contribution in [-0.4, -0.2) is 45.3 Å². The highest BCUT2D eigenvalue weighted by Gasteiger charge is 2.47. The Morgan fingerprint density at radius 3 is 1.56 bits per heavy atom. The summed E-state index contributed by atoms with van der Waals surface area (Å²) < 4.78 is 5.80. The van der Waals surface area contributed by atoms with E-state index in [0.717, 1.165) is 0 Å². The summed E-state index contributed by atoms with van der Waals surface area (Å²) in [6.07, 6.45) is 2.35. The molecule has 2 saturated heterocycles. The van der Waals surface area contributed by atoms with E-state index < -0.39 is 17.9 Å². The predicted molar refractivity (Wildman–Crippen MR) is 106 cm³/mol. The Kier molecular flexibility index (Phi) is 5.77. The highest BCUT2D eigenvalue weighted by molar-refractivity contribution is 5.94. The van der Waals surface area contributed by atoms with Gasteiger partial charge >= 0.3 is 11.9 Å². The minimum absolute atomic E-state index is 0.163. The lowest BCUT2D eigenvalue weighted by Crippen LogP contribution is -2.61. The Morgan fingerprint density at radius 1 is 0.815 bits per heavy atom. The van der Waals surface area contributed by atoms with Crippen molar-refractivity contribution in [2.45, 2.75) is 109 Å². The molecule has 0 amide bonds. The molecular formula is C21H38N2O4. The van der Waals surface area contributed by atoms with Gasteiger partial charge in [-0.15, -0.1) is 0 Å². The number of nitrogens with one attached hydrogen (secondary N) is 2. The van der Waals surface area contributed by atoms with Crippen molar-refractivity contribution in [2.75, 3.05) is 0 Å². The molecule has 6 nitrogen and oxygen atoms in total. The second kappa shape index (κ2) is 7.03. The largest absolute Gasteiger partial charge is 0.481 e. The average molecular weight is 383 g/mol. The maximum atomic E-state index is 13.0. The molecule has 1 atom stereocenters. The number of carboxylic acid groups (broad SMARTS) is 1. The topological polar surface area (TPSA) is 87.7 Å². The van der Waals surface area contributed by atoms with Crippen LogP contribution in [0.25, 0.3) is 0 Å². The number of hydrogen-bond donors (Lipinski definition) is 3. The van der Waals surface area contributed by atoms with Crippen LogP contribution in [0.15, 0.2) is 0 Å². The fraction of sp³-hybridized carbons (Fsp3) is 0.905. The summed E-state index contributed by atoms with van der Waals surface area (Å²) in [7, 11) is 0. The number of piperidine rings is 2. The van der Waals surface area contributed by atoms with Crippen molar-refractivity contribution in [1.82, 2.24) is 10.6 Å². The summed E-state index contributed by atoms with van der Waals surface area (Å²) in [6, 6.07) is 0. The summed E-state index contributed by atoms with van der Waals surface area (Å²) in [5.41, 5.74) is -0.771. The molecule has 1 unspecified atom stereocenters. The van der Waals surface area contributed by atoms with Crippen LogP contribution in [0.1, 0.15) is 81.1 Å². The van der Waals surface area contributed by atoms with E-state index in [9.17, 15) is 14.7 Å². The fourth-order valence-corrected chi connectivity index (χ4v) is 5.68. The summed E-state index contributed by atoms with van der Waals surface area (Å²) >= 11 is 0. The molecule has 2 heterocycles. The first-order chi connectivity index (χ1) is 12.0. The third-order valence-corrected chi connectivity index (χ3v) is 5.65. The van der Waals surface area contributed by atoms with Crippen LogP contribution in [0.4, 0.5) is 0 Å². The molecule has 0 aromatic carbocycles. The Morgan fingerprint density at radius 2 is 1.19 bits per heavy atom. The van der Waals surface area contributed by atoms with E-state index in [1.165, 1.54) is 0 Å². The zero-order valence-corrected chi connectivity index (χ0v) is 18.2. The van der Waals surface area contributed by atoms with Crippen molar-refractivity contribution in [3.63, 3.8) is 0 Å². The van der Waals surface area contributed by atoms with Gasteiger partial charge in [-0.2, -0.15) is 0 Å². The predicted octanol–water partition coefficient (Wildman–Crippen LogP) is 3.10. The first-order valence-electron chi connectivity index (χ1n) is 10.0. The van der Waals surface area contributed by atoms with Crippen LogP contribution in [0.2, 0.25) is 0 Å². The van der Waals surface area contributed by atoms with Crippen LogP contribution in [0.5, 0.6) is 0 Å². The van der Waals surface area contributed by atoms with Crippen molar-refractivity contribution < 1.29 is 19.4 Å². The van der Waals surface area contributed by atoms with Crippen molar-refractivity contribution in [2.24, 2.45) is 11.8 Å². The lowest BCUT2D eigenvalue weighted by molar-refractivity contribution is -0.169. The monoisotopic (exact) mass is 382 g/mol. The number of hydrogen-bond acceptors (Lipinski definition) is 5. The van der Waals surface area contributed by atoms with Crippen LogP contribution in [-0.2, 0) is 14.3 Å². The molecule has 0 saturated carbocycles. The van der Waals surface area contributed by atoms with Crippen molar-refractivity contribution in [3.05, 3.63) is 0 Å². The third kappa shape index (κ3) is 5.92. The van der Waals surface area contributed by atoms with Crippen molar-refractivity contribution in [1.29, 1.82) is 0 Å². The molecule has 0 aromatic rings. The maximum Gasteiger partial charge on any atom is 0.320 e. The van der Waals surface area contributed by atoms with Gasteiger partial charge in [-0.3, -0.25) is 9.59 Å². The molecule has 0 aromatic heterocycles. The van der Waals surface area contributed by atoms with Crippen molar-refractivity contribution in [3.8, 4) is 0 Å². The highest BCUT2D eigenvalue weighted by Crippen LogP contribution is 2.38. The number of carboxylic acids is 1. The average Bonchev–Trinajstić information content (AvgIpc) is 2.28. The van der Waals surface area contributed by atoms with Crippen molar-refractivity contribution >= 4 is 11.9 Å². The van der Waals surface area contributed by atoms with E-state index in [0.29, 0.717) is 25.7 Å². The van der Waals surface area contributed by atoms with Gasteiger partial charge < -0.3 is 20.5 Å². The second-order valence-electron chi connectivity index (χ2n) is 11.2. The van der Waals surface area contributed by atoms with Crippen LogP contribution < -0.4 is 10.6 Å². The zero-order chi connectivity index (χ0) is 20.8. The highest BCUT2D eigenvalue weighted by atomic mass is 16.5. The van der Waals surface area contributed by atoms with Crippen LogP contribution in [0, 0.1) is 11.8 Å². The van der Waals surface area contributed by atoms with Gasteiger partial charge in [0.05, 0.1) is 0 Å². The van der Waals surface area contributed by atoms with E-state index in [4.69, 9.17) is 4.74 Å². The number of carbonyl (C=O) groups excluding carboxylic acids is 1. The third-order valence-electron chi connectivity index (χ3n) is 5.65. The maximum absolute atomic E-state index is 13.0. The van der Waals surface area contributed by atoms with Gasteiger partial charge in [0.2, 0.25) is 0 Å². The number of rotatable bonds is 4. The Labute approximate surface area is 163 Å². The molecule has 2 aliphatic rings. The van der Waals surface area contributed by atoms with E-state index in [1.54, 1.807) is 0 Å². The fourth-order valence-electron chi connectivity index (χ4n) is 5.68.